The molecule has 3 rings (SSSR count). The summed E-state index contributed by atoms with van der Waals surface area (Å²) in [7, 11) is 0. The van der Waals surface area contributed by atoms with Gasteiger partial charge in [0.05, 0.1) is 6.54 Å². The third-order valence-electron chi connectivity index (χ3n) is 5.16. The van der Waals surface area contributed by atoms with Crippen LogP contribution in [-0.2, 0) is 0 Å². The first-order valence-electron chi connectivity index (χ1n) is 9.09. The summed E-state index contributed by atoms with van der Waals surface area (Å²) in [5, 5.41) is 7.00. The molecule has 0 bridgehead atoms. The van der Waals surface area contributed by atoms with Crippen molar-refractivity contribution >= 4 is 17.7 Å². The van der Waals surface area contributed by atoms with Gasteiger partial charge in [-0.05, 0) is 64.2 Å². The Balaban J connectivity index is 1.44. The average molecular weight is 325 g/mol. The number of nitrogens with one attached hydrogen (secondary N) is 2. The van der Waals surface area contributed by atoms with E-state index in [1.54, 1.807) is 0 Å². The molecule has 3 fully saturated rings. The van der Waals surface area contributed by atoms with Gasteiger partial charge in [-0.3, -0.25) is 4.99 Å². The van der Waals surface area contributed by atoms with Crippen molar-refractivity contribution in [1.82, 2.24) is 15.5 Å². The van der Waals surface area contributed by atoms with Crippen LogP contribution in [-0.4, -0.2) is 60.1 Å². The zero-order chi connectivity index (χ0) is 15.4. The van der Waals surface area contributed by atoms with E-state index in [-0.39, 0.29) is 0 Å². The Labute approximate surface area is 139 Å². The Bertz CT molecular complexity index is 388. The fourth-order valence-corrected chi connectivity index (χ4v) is 4.82. The molecule has 2 saturated heterocycles. The van der Waals surface area contributed by atoms with Crippen LogP contribution in [0.4, 0.5) is 0 Å². The molecule has 3 aliphatic rings. The summed E-state index contributed by atoms with van der Waals surface area (Å²) in [5.74, 6) is 3.11. The highest BCUT2D eigenvalue weighted by Crippen LogP contribution is 2.37. The molecular weight excluding hydrogens is 292 g/mol. The second-order valence-corrected chi connectivity index (χ2v) is 9.04. The van der Waals surface area contributed by atoms with Crippen molar-refractivity contribution in [2.45, 2.75) is 56.7 Å². The molecule has 0 amide bonds. The van der Waals surface area contributed by atoms with Crippen LogP contribution in [0, 0.1) is 5.92 Å². The zero-order valence-electron chi connectivity index (χ0n) is 14.2. The van der Waals surface area contributed by atoms with Crippen molar-refractivity contribution < 1.29 is 0 Å². The Kier molecular flexibility index (Phi) is 5.55. The molecule has 2 N–H and O–H groups in total. The third-order valence-corrected chi connectivity index (χ3v) is 6.68. The summed E-state index contributed by atoms with van der Waals surface area (Å²) < 4.78 is 0.360. The fourth-order valence-electron chi connectivity index (χ4n) is 3.59. The number of rotatable bonds is 6. The van der Waals surface area contributed by atoms with E-state index >= 15 is 0 Å². The lowest BCUT2D eigenvalue weighted by molar-refractivity contribution is 0.314. The van der Waals surface area contributed by atoms with Crippen LogP contribution in [0.5, 0.6) is 0 Å². The van der Waals surface area contributed by atoms with Crippen molar-refractivity contribution in [2.24, 2.45) is 10.9 Å². The van der Waals surface area contributed by atoms with Crippen LogP contribution >= 0.6 is 11.8 Å². The van der Waals surface area contributed by atoms with Crippen LogP contribution in [0.15, 0.2) is 4.99 Å². The Morgan fingerprint density at radius 1 is 1.32 bits per heavy atom. The molecule has 2 heterocycles. The Morgan fingerprint density at radius 3 is 2.86 bits per heavy atom. The summed E-state index contributed by atoms with van der Waals surface area (Å²) in [6.07, 6.45) is 6.86. The average Bonchev–Trinajstić information content (AvgIpc) is 3.10. The van der Waals surface area contributed by atoms with Crippen molar-refractivity contribution in [3.63, 3.8) is 0 Å². The normalized spacial score (nSPS) is 33.4. The first-order valence-corrected chi connectivity index (χ1v) is 10.1. The van der Waals surface area contributed by atoms with Crippen molar-refractivity contribution in [1.29, 1.82) is 0 Å². The molecule has 5 heteroatoms. The van der Waals surface area contributed by atoms with Gasteiger partial charge >= 0.3 is 0 Å². The topological polar surface area (TPSA) is 39.7 Å². The molecule has 126 valence electrons. The maximum Gasteiger partial charge on any atom is 0.191 e. The van der Waals surface area contributed by atoms with Gasteiger partial charge in [0.15, 0.2) is 5.96 Å². The lowest BCUT2D eigenvalue weighted by Crippen LogP contribution is -2.41. The minimum absolute atomic E-state index is 0.360. The van der Waals surface area contributed by atoms with E-state index in [1.807, 2.05) is 0 Å². The maximum atomic E-state index is 4.85. The number of nitrogens with zero attached hydrogens (tertiary/aromatic N) is 2. The largest absolute Gasteiger partial charge is 0.357 e. The molecule has 0 radical (unpaired) electrons. The van der Waals surface area contributed by atoms with Crippen LogP contribution in [0.1, 0.15) is 46.0 Å². The Hall–Kier alpha value is -0.420. The van der Waals surface area contributed by atoms with E-state index in [4.69, 9.17) is 4.99 Å². The molecule has 0 aromatic heterocycles. The van der Waals surface area contributed by atoms with Crippen molar-refractivity contribution in [3.05, 3.63) is 0 Å². The van der Waals surface area contributed by atoms with Gasteiger partial charge in [-0.25, -0.2) is 0 Å². The quantitative estimate of drug-likeness (QED) is 0.581. The van der Waals surface area contributed by atoms with Gasteiger partial charge in [-0.1, -0.05) is 0 Å². The van der Waals surface area contributed by atoms with Crippen LogP contribution in [0.2, 0.25) is 0 Å². The van der Waals surface area contributed by atoms with Gasteiger partial charge in [0, 0.05) is 30.4 Å². The second kappa shape index (κ2) is 7.43. The Morgan fingerprint density at radius 2 is 2.18 bits per heavy atom. The highest BCUT2D eigenvalue weighted by Gasteiger charge is 2.34. The fraction of sp³-hybridized carbons (Fsp3) is 0.941. The molecule has 2 unspecified atom stereocenters. The van der Waals surface area contributed by atoms with Crippen molar-refractivity contribution in [3.8, 4) is 0 Å². The van der Waals surface area contributed by atoms with E-state index < -0.39 is 0 Å². The minimum Gasteiger partial charge on any atom is -0.357 e. The van der Waals surface area contributed by atoms with Crippen LogP contribution < -0.4 is 10.6 Å². The molecule has 2 aliphatic heterocycles. The number of likely N-dealkylation sites (tertiary alicyclic amines) is 1. The summed E-state index contributed by atoms with van der Waals surface area (Å²) in [4.78, 5) is 7.54. The van der Waals surface area contributed by atoms with E-state index in [2.05, 4.69) is 41.1 Å². The van der Waals surface area contributed by atoms with E-state index in [9.17, 15) is 0 Å². The summed E-state index contributed by atoms with van der Waals surface area (Å²) in [6, 6.07) is 0.922. The monoisotopic (exact) mass is 324 g/mol. The molecule has 0 aromatic rings. The molecule has 0 spiro atoms. The molecule has 0 aromatic carbocycles. The second-order valence-electron chi connectivity index (χ2n) is 7.36. The van der Waals surface area contributed by atoms with Crippen LogP contribution in [0.3, 0.4) is 0 Å². The smallest absolute Gasteiger partial charge is 0.191 e. The minimum atomic E-state index is 0.360. The molecule has 22 heavy (non-hydrogen) atoms. The van der Waals surface area contributed by atoms with Gasteiger partial charge in [-0.2, -0.15) is 11.8 Å². The summed E-state index contributed by atoms with van der Waals surface area (Å²) >= 11 is 2.09. The number of thioether (sulfide) groups is 1. The van der Waals surface area contributed by atoms with Crippen molar-refractivity contribution in [2.75, 3.05) is 38.5 Å². The summed E-state index contributed by atoms with van der Waals surface area (Å²) in [5.41, 5.74) is 0. The van der Waals surface area contributed by atoms with E-state index in [0.29, 0.717) is 4.75 Å². The highest BCUT2D eigenvalue weighted by atomic mass is 32.2. The lowest BCUT2D eigenvalue weighted by atomic mass is 10.1. The molecule has 1 saturated carbocycles. The predicted octanol–water partition coefficient (Wildman–Crippen LogP) is 2.31. The maximum absolute atomic E-state index is 4.85. The number of guanidine groups is 1. The van der Waals surface area contributed by atoms with Gasteiger partial charge in [0.1, 0.15) is 0 Å². The van der Waals surface area contributed by atoms with Gasteiger partial charge in [0.25, 0.3) is 0 Å². The van der Waals surface area contributed by atoms with E-state index in [0.717, 1.165) is 37.6 Å². The summed E-state index contributed by atoms with van der Waals surface area (Å²) in [6.45, 7) is 10.0. The highest BCUT2D eigenvalue weighted by molar-refractivity contribution is 8.00. The van der Waals surface area contributed by atoms with E-state index in [1.165, 1.54) is 50.9 Å². The predicted molar refractivity (Wildman–Crippen MR) is 96.8 cm³/mol. The standard InChI is InChI=1S/C17H32N4S/c1-3-18-16(20-13-17(2)8-4-10-22-17)19-11-14-7-9-21(12-14)15-5-6-15/h14-15H,3-13H2,1-2H3,(H2,18,19,20). The number of hydrogen-bond acceptors (Lipinski definition) is 3. The number of hydrogen-bond donors (Lipinski definition) is 2. The van der Waals surface area contributed by atoms with Gasteiger partial charge < -0.3 is 15.5 Å². The zero-order valence-corrected chi connectivity index (χ0v) is 15.1. The molecular formula is C17H32N4S. The van der Waals surface area contributed by atoms with Gasteiger partial charge in [-0.15, -0.1) is 0 Å². The first-order chi connectivity index (χ1) is 10.7. The molecule has 2 atom stereocenters. The lowest BCUT2D eigenvalue weighted by Gasteiger charge is -2.21. The van der Waals surface area contributed by atoms with Gasteiger partial charge in [0.2, 0.25) is 0 Å². The molecule has 1 aliphatic carbocycles. The third kappa shape index (κ3) is 4.54. The first kappa shape index (κ1) is 16.4. The van der Waals surface area contributed by atoms with Crippen LogP contribution in [0.25, 0.3) is 0 Å². The number of aliphatic imine (C=N–C) groups is 1. The molecule has 4 nitrogen and oxygen atoms in total. The SMILES string of the molecule is CCNC(=NCC1(C)CCCS1)NCC1CCN(C2CC2)C1.